The number of esters is 1. The average molecular weight is 396 g/mol. The summed E-state index contributed by atoms with van der Waals surface area (Å²) in [4.78, 5) is 22.0. The molecule has 0 amide bonds. The summed E-state index contributed by atoms with van der Waals surface area (Å²) in [6.07, 6.45) is 0. The minimum atomic E-state index is -0.597. The number of hydrogen-bond acceptors (Lipinski definition) is 6. The number of rotatable bonds is 7. The van der Waals surface area contributed by atoms with Gasteiger partial charge >= 0.3 is 11.7 Å². The van der Waals surface area contributed by atoms with E-state index < -0.39 is 10.9 Å². The van der Waals surface area contributed by atoms with E-state index in [4.69, 9.17) is 9.47 Å². The molecule has 7 nitrogen and oxygen atoms in total. The van der Waals surface area contributed by atoms with Crippen molar-refractivity contribution in [2.45, 2.75) is 0 Å². The first kappa shape index (κ1) is 17.7. The number of hydrogen-bond donors (Lipinski definition) is 0. The summed E-state index contributed by atoms with van der Waals surface area (Å²) in [6.45, 7) is 0.272. The Morgan fingerprint density at radius 3 is 2.58 bits per heavy atom. The second-order valence-electron chi connectivity index (χ2n) is 4.59. The zero-order valence-corrected chi connectivity index (χ0v) is 14.3. The molecule has 0 aliphatic rings. The highest BCUT2D eigenvalue weighted by Crippen LogP contribution is 2.28. The molecule has 24 heavy (non-hydrogen) atoms. The third kappa shape index (κ3) is 4.69. The van der Waals surface area contributed by atoms with Crippen molar-refractivity contribution in [1.82, 2.24) is 0 Å². The Balaban J connectivity index is 2.02. The standard InChI is InChI=1S/C16H14BrNO6/c1-22-16(19)11-5-6-14(18(20)21)15(9-11)24-8-7-23-13-4-2-3-12(17)10-13/h2-6,9-10H,7-8H2,1H3. The number of methoxy groups -OCH3 is 1. The molecule has 0 aliphatic carbocycles. The first-order valence-electron chi connectivity index (χ1n) is 6.89. The molecular formula is C16H14BrNO6. The molecule has 2 rings (SSSR count). The number of carbonyl (C=O) groups is 1. The molecule has 0 heterocycles. The zero-order valence-electron chi connectivity index (χ0n) is 12.7. The van der Waals surface area contributed by atoms with Crippen molar-refractivity contribution in [3.63, 3.8) is 0 Å². The summed E-state index contributed by atoms with van der Waals surface area (Å²) in [6, 6.07) is 11.1. The fraction of sp³-hybridized carbons (Fsp3) is 0.188. The van der Waals surface area contributed by atoms with Crippen LogP contribution in [0.15, 0.2) is 46.9 Å². The number of benzene rings is 2. The summed E-state index contributed by atoms with van der Waals surface area (Å²) in [7, 11) is 1.23. The lowest BCUT2D eigenvalue weighted by atomic mass is 10.2. The van der Waals surface area contributed by atoms with Gasteiger partial charge in [0.2, 0.25) is 0 Å². The highest BCUT2D eigenvalue weighted by Gasteiger charge is 2.18. The van der Waals surface area contributed by atoms with Gasteiger partial charge in [-0.2, -0.15) is 0 Å². The van der Waals surface area contributed by atoms with Crippen molar-refractivity contribution in [2.24, 2.45) is 0 Å². The Hall–Kier alpha value is -2.61. The molecule has 8 heteroatoms. The fourth-order valence-corrected chi connectivity index (χ4v) is 2.27. The van der Waals surface area contributed by atoms with Gasteiger partial charge in [-0.15, -0.1) is 0 Å². The zero-order chi connectivity index (χ0) is 17.5. The molecule has 0 N–H and O–H groups in total. The van der Waals surface area contributed by atoms with Gasteiger partial charge in [-0.05, 0) is 24.3 Å². The van der Waals surface area contributed by atoms with Gasteiger partial charge in [0, 0.05) is 16.6 Å². The maximum atomic E-state index is 11.5. The summed E-state index contributed by atoms with van der Waals surface area (Å²) in [5, 5.41) is 11.0. The Labute approximate surface area is 146 Å². The Morgan fingerprint density at radius 1 is 1.17 bits per heavy atom. The molecule has 0 saturated heterocycles. The largest absolute Gasteiger partial charge is 0.490 e. The van der Waals surface area contributed by atoms with Crippen molar-refractivity contribution < 1.29 is 23.9 Å². The quantitative estimate of drug-likeness (QED) is 0.308. The van der Waals surface area contributed by atoms with Gasteiger partial charge in [0.05, 0.1) is 17.6 Å². The highest BCUT2D eigenvalue weighted by molar-refractivity contribution is 9.10. The van der Waals surface area contributed by atoms with Gasteiger partial charge in [0.1, 0.15) is 19.0 Å². The van der Waals surface area contributed by atoms with E-state index in [-0.39, 0.29) is 30.2 Å². The van der Waals surface area contributed by atoms with Crippen molar-refractivity contribution in [2.75, 3.05) is 20.3 Å². The van der Waals surface area contributed by atoms with Crippen LogP contribution in [0.2, 0.25) is 0 Å². The van der Waals surface area contributed by atoms with Crippen molar-refractivity contribution in [1.29, 1.82) is 0 Å². The molecule has 0 bridgehead atoms. The van der Waals surface area contributed by atoms with Crippen LogP contribution in [0.1, 0.15) is 10.4 Å². The number of halogens is 1. The van der Waals surface area contributed by atoms with Crippen LogP contribution in [0, 0.1) is 10.1 Å². The molecule has 0 fully saturated rings. The first-order valence-corrected chi connectivity index (χ1v) is 7.68. The Bertz CT molecular complexity index is 749. The highest BCUT2D eigenvalue weighted by atomic mass is 79.9. The Morgan fingerprint density at radius 2 is 1.92 bits per heavy atom. The number of nitrogens with zero attached hydrogens (tertiary/aromatic N) is 1. The molecule has 0 saturated carbocycles. The average Bonchev–Trinajstić information content (AvgIpc) is 2.57. The Kier molecular flexibility index (Phi) is 6.14. The van der Waals surface area contributed by atoms with Crippen LogP contribution in [0.4, 0.5) is 5.69 Å². The molecule has 0 aromatic heterocycles. The van der Waals surface area contributed by atoms with Gasteiger partial charge in [-0.1, -0.05) is 22.0 Å². The fourth-order valence-electron chi connectivity index (χ4n) is 1.89. The van der Waals surface area contributed by atoms with Crippen LogP contribution in [0.25, 0.3) is 0 Å². The van der Waals surface area contributed by atoms with E-state index >= 15 is 0 Å². The van der Waals surface area contributed by atoms with E-state index in [2.05, 4.69) is 20.7 Å². The number of carbonyl (C=O) groups excluding carboxylic acids is 1. The third-order valence-corrected chi connectivity index (χ3v) is 3.48. The lowest BCUT2D eigenvalue weighted by molar-refractivity contribution is -0.385. The number of nitro benzene ring substituents is 1. The smallest absolute Gasteiger partial charge is 0.337 e. The lowest BCUT2D eigenvalue weighted by Gasteiger charge is -2.10. The van der Waals surface area contributed by atoms with E-state index in [0.717, 1.165) is 4.47 Å². The lowest BCUT2D eigenvalue weighted by Crippen LogP contribution is -2.11. The van der Waals surface area contributed by atoms with Crippen LogP contribution in [-0.2, 0) is 4.74 Å². The van der Waals surface area contributed by atoms with Crippen molar-refractivity contribution in [3.8, 4) is 11.5 Å². The van der Waals surface area contributed by atoms with Crippen LogP contribution in [0.3, 0.4) is 0 Å². The van der Waals surface area contributed by atoms with E-state index in [1.54, 1.807) is 12.1 Å². The van der Waals surface area contributed by atoms with E-state index in [1.807, 2.05) is 12.1 Å². The second-order valence-corrected chi connectivity index (χ2v) is 5.50. The molecule has 2 aromatic rings. The molecule has 0 atom stereocenters. The van der Waals surface area contributed by atoms with E-state index in [0.29, 0.717) is 5.75 Å². The predicted molar refractivity (Wildman–Crippen MR) is 89.6 cm³/mol. The molecular weight excluding hydrogens is 382 g/mol. The SMILES string of the molecule is COC(=O)c1ccc([N+](=O)[O-])c(OCCOc2cccc(Br)c2)c1. The van der Waals surface area contributed by atoms with Gasteiger partial charge in [0.25, 0.3) is 0 Å². The van der Waals surface area contributed by atoms with Crippen LogP contribution in [-0.4, -0.2) is 31.2 Å². The van der Waals surface area contributed by atoms with Crippen molar-refractivity contribution in [3.05, 3.63) is 62.6 Å². The molecule has 2 aromatic carbocycles. The van der Waals surface area contributed by atoms with Crippen molar-refractivity contribution >= 4 is 27.6 Å². The monoisotopic (exact) mass is 395 g/mol. The normalized spacial score (nSPS) is 10.1. The van der Waals surface area contributed by atoms with Crippen LogP contribution >= 0.6 is 15.9 Å². The van der Waals surface area contributed by atoms with Gasteiger partial charge in [-0.25, -0.2) is 4.79 Å². The third-order valence-electron chi connectivity index (χ3n) is 2.98. The van der Waals surface area contributed by atoms with Gasteiger partial charge < -0.3 is 14.2 Å². The summed E-state index contributed by atoms with van der Waals surface area (Å²) in [5.41, 5.74) is -0.0592. The van der Waals surface area contributed by atoms with Gasteiger partial charge in [-0.3, -0.25) is 10.1 Å². The minimum absolute atomic E-state index is 0.0132. The molecule has 0 aliphatic heterocycles. The number of nitro groups is 1. The van der Waals surface area contributed by atoms with Crippen LogP contribution < -0.4 is 9.47 Å². The summed E-state index contributed by atoms with van der Waals surface area (Å²) < 4.78 is 16.4. The van der Waals surface area contributed by atoms with Gasteiger partial charge in [0.15, 0.2) is 5.75 Å². The maximum Gasteiger partial charge on any atom is 0.337 e. The molecule has 126 valence electrons. The predicted octanol–water partition coefficient (Wildman–Crippen LogP) is 3.60. The van der Waals surface area contributed by atoms with E-state index in [1.165, 1.54) is 25.3 Å². The molecule has 0 spiro atoms. The maximum absolute atomic E-state index is 11.5. The summed E-state index contributed by atoms with van der Waals surface area (Å²) in [5.74, 6) is 0.0339. The molecule has 0 radical (unpaired) electrons. The van der Waals surface area contributed by atoms with Crippen LogP contribution in [0.5, 0.6) is 11.5 Å². The first-order chi connectivity index (χ1) is 11.5. The topological polar surface area (TPSA) is 87.9 Å². The number of ether oxygens (including phenoxy) is 3. The van der Waals surface area contributed by atoms with E-state index in [9.17, 15) is 14.9 Å². The second kappa shape index (κ2) is 8.30. The molecule has 0 unspecified atom stereocenters. The summed E-state index contributed by atoms with van der Waals surface area (Å²) >= 11 is 3.33. The minimum Gasteiger partial charge on any atom is -0.490 e.